The number of H-pyrrole nitrogens is 1. The standard InChI is InChI=1S/C17H13BrN2O6/c18-11-8-20(17(24)19-15(11)22)7-6-12-14(13(21)16(23)26-12)25-9-10-4-2-1-3-5-10/h1-6,8,21H,7,9H2,(H,19,22,24)/b12-6-. The summed E-state index contributed by atoms with van der Waals surface area (Å²) in [4.78, 5) is 36.9. The Bertz CT molecular complexity index is 1020. The van der Waals surface area contributed by atoms with E-state index in [-0.39, 0.29) is 29.1 Å². The topological polar surface area (TPSA) is 111 Å². The molecular formula is C17H13BrN2O6. The number of aromatic nitrogens is 2. The van der Waals surface area contributed by atoms with Gasteiger partial charge in [-0.2, -0.15) is 0 Å². The summed E-state index contributed by atoms with van der Waals surface area (Å²) >= 11 is 3.03. The third-order valence-electron chi connectivity index (χ3n) is 3.50. The van der Waals surface area contributed by atoms with E-state index in [9.17, 15) is 19.5 Å². The lowest BCUT2D eigenvalue weighted by Crippen LogP contribution is -2.29. The second-order valence-electron chi connectivity index (χ2n) is 5.30. The monoisotopic (exact) mass is 420 g/mol. The van der Waals surface area contributed by atoms with Gasteiger partial charge in [0, 0.05) is 12.7 Å². The molecule has 26 heavy (non-hydrogen) atoms. The molecule has 0 aliphatic carbocycles. The minimum absolute atomic E-state index is 0.00217. The largest absolute Gasteiger partial charge is 0.499 e. The number of aromatic amines is 1. The first kappa shape index (κ1) is 17.7. The van der Waals surface area contributed by atoms with E-state index < -0.39 is 23.0 Å². The van der Waals surface area contributed by atoms with E-state index in [2.05, 4.69) is 20.9 Å². The van der Waals surface area contributed by atoms with E-state index in [1.165, 1.54) is 16.8 Å². The molecule has 0 unspecified atom stereocenters. The number of nitrogens with one attached hydrogen (secondary N) is 1. The molecule has 0 spiro atoms. The quantitative estimate of drug-likeness (QED) is 0.712. The van der Waals surface area contributed by atoms with Crippen LogP contribution >= 0.6 is 15.9 Å². The summed E-state index contributed by atoms with van der Waals surface area (Å²) in [5.74, 6) is -1.68. The first-order valence-corrected chi connectivity index (χ1v) is 8.27. The highest BCUT2D eigenvalue weighted by Crippen LogP contribution is 2.26. The fourth-order valence-electron chi connectivity index (χ4n) is 2.21. The van der Waals surface area contributed by atoms with Gasteiger partial charge in [0.15, 0.2) is 5.76 Å². The number of carbonyl (C=O) groups excluding carboxylic acids is 1. The molecule has 0 amide bonds. The highest BCUT2D eigenvalue weighted by Gasteiger charge is 2.31. The normalized spacial score (nSPS) is 15.4. The zero-order valence-electron chi connectivity index (χ0n) is 13.3. The Hall–Kier alpha value is -3.07. The maximum absolute atomic E-state index is 11.8. The number of cyclic esters (lactones) is 1. The number of benzene rings is 1. The van der Waals surface area contributed by atoms with Gasteiger partial charge in [0.05, 0.1) is 4.47 Å². The van der Waals surface area contributed by atoms with Crippen LogP contribution in [0.4, 0.5) is 0 Å². The second kappa shape index (κ2) is 7.44. The third kappa shape index (κ3) is 3.77. The smallest absolute Gasteiger partial charge is 0.383 e. The minimum Gasteiger partial charge on any atom is -0.499 e. The lowest BCUT2D eigenvalue weighted by Gasteiger charge is -2.08. The SMILES string of the molecule is O=C1O/C(=C\Cn2cc(Br)c(=O)[nH]c2=O)C(OCc2ccccc2)=C1O. The van der Waals surface area contributed by atoms with E-state index >= 15 is 0 Å². The van der Waals surface area contributed by atoms with E-state index in [4.69, 9.17) is 9.47 Å². The number of aliphatic hydroxyl groups excluding tert-OH is 1. The van der Waals surface area contributed by atoms with Crippen LogP contribution in [0.15, 0.2) is 73.9 Å². The number of rotatable bonds is 5. The van der Waals surface area contributed by atoms with Crippen LogP contribution in [0.25, 0.3) is 0 Å². The maximum atomic E-state index is 11.8. The van der Waals surface area contributed by atoms with Crippen molar-refractivity contribution in [2.45, 2.75) is 13.2 Å². The summed E-state index contributed by atoms with van der Waals surface area (Å²) in [7, 11) is 0. The van der Waals surface area contributed by atoms with Crippen LogP contribution in [-0.2, 0) is 27.4 Å². The Morgan fingerprint density at radius 3 is 2.69 bits per heavy atom. The molecule has 134 valence electrons. The van der Waals surface area contributed by atoms with Gasteiger partial charge >= 0.3 is 11.7 Å². The molecule has 8 nitrogen and oxygen atoms in total. The lowest BCUT2D eigenvalue weighted by molar-refractivity contribution is -0.135. The summed E-state index contributed by atoms with van der Waals surface area (Å²) in [6.07, 6.45) is 2.71. The molecule has 0 saturated heterocycles. The van der Waals surface area contributed by atoms with Gasteiger partial charge in [-0.1, -0.05) is 30.3 Å². The van der Waals surface area contributed by atoms with Gasteiger partial charge in [-0.25, -0.2) is 9.59 Å². The molecule has 0 saturated carbocycles. The van der Waals surface area contributed by atoms with Crippen LogP contribution in [0.5, 0.6) is 0 Å². The van der Waals surface area contributed by atoms with Crippen LogP contribution in [-0.4, -0.2) is 20.6 Å². The van der Waals surface area contributed by atoms with Crippen molar-refractivity contribution in [3.8, 4) is 0 Å². The maximum Gasteiger partial charge on any atom is 0.383 e. The first-order valence-electron chi connectivity index (χ1n) is 7.47. The number of carbonyl (C=O) groups is 1. The van der Waals surface area contributed by atoms with Crippen molar-refractivity contribution < 1.29 is 19.4 Å². The average molecular weight is 421 g/mol. The second-order valence-corrected chi connectivity index (χ2v) is 6.15. The highest BCUT2D eigenvalue weighted by atomic mass is 79.9. The van der Waals surface area contributed by atoms with E-state index in [1.807, 2.05) is 30.3 Å². The summed E-state index contributed by atoms with van der Waals surface area (Å²) in [6, 6.07) is 9.18. The van der Waals surface area contributed by atoms with Gasteiger partial charge < -0.3 is 14.6 Å². The Morgan fingerprint density at radius 1 is 1.23 bits per heavy atom. The molecule has 3 rings (SSSR count). The van der Waals surface area contributed by atoms with Crippen molar-refractivity contribution in [1.29, 1.82) is 0 Å². The summed E-state index contributed by atoms with van der Waals surface area (Å²) in [5, 5.41) is 9.85. The van der Waals surface area contributed by atoms with Gasteiger partial charge in [0.1, 0.15) is 6.61 Å². The molecule has 1 aliphatic rings. The molecule has 2 heterocycles. The molecule has 9 heteroatoms. The van der Waals surface area contributed by atoms with Gasteiger partial charge in [0.25, 0.3) is 5.56 Å². The number of hydrogen-bond donors (Lipinski definition) is 2. The molecule has 1 aromatic carbocycles. The molecular weight excluding hydrogens is 408 g/mol. The van der Waals surface area contributed by atoms with E-state index in [0.29, 0.717) is 0 Å². The molecule has 2 N–H and O–H groups in total. The Kier molecular flexibility index (Phi) is 5.08. The van der Waals surface area contributed by atoms with Gasteiger partial charge in [-0.3, -0.25) is 14.3 Å². The van der Waals surface area contributed by atoms with Gasteiger partial charge in [-0.15, -0.1) is 0 Å². The summed E-state index contributed by atoms with van der Waals surface area (Å²) < 4.78 is 11.8. The number of allylic oxidation sites excluding steroid dienone is 1. The van der Waals surface area contributed by atoms with Crippen LogP contribution < -0.4 is 11.2 Å². The number of halogens is 1. The van der Waals surface area contributed by atoms with Gasteiger partial charge in [0.2, 0.25) is 11.5 Å². The lowest BCUT2D eigenvalue weighted by atomic mass is 10.2. The predicted molar refractivity (Wildman–Crippen MR) is 94.1 cm³/mol. The van der Waals surface area contributed by atoms with Crippen molar-refractivity contribution in [3.05, 3.63) is 90.8 Å². The molecule has 0 bridgehead atoms. The molecule has 0 atom stereocenters. The van der Waals surface area contributed by atoms with Gasteiger partial charge in [-0.05, 0) is 27.6 Å². The fourth-order valence-corrected chi connectivity index (χ4v) is 2.55. The van der Waals surface area contributed by atoms with Crippen LogP contribution in [0.2, 0.25) is 0 Å². The Morgan fingerprint density at radius 2 is 1.96 bits per heavy atom. The summed E-state index contributed by atoms with van der Waals surface area (Å²) in [6.45, 7) is 0.112. The van der Waals surface area contributed by atoms with E-state index in [0.717, 1.165) is 5.56 Å². The molecule has 1 aliphatic heterocycles. The average Bonchev–Trinajstić information content (AvgIpc) is 2.90. The number of nitrogens with zero attached hydrogens (tertiary/aromatic N) is 1. The van der Waals surface area contributed by atoms with Crippen LogP contribution in [0, 0.1) is 0 Å². The predicted octanol–water partition coefficient (Wildman–Crippen LogP) is 1.73. The Balaban J connectivity index is 1.81. The highest BCUT2D eigenvalue weighted by molar-refractivity contribution is 9.10. The van der Waals surface area contributed by atoms with E-state index in [1.54, 1.807) is 0 Å². The van der Waals surface area contributed by atoms with Crippen molar-refractivity contribution in [3.63, 3.8) is 0 Å². The van der Waals surface area contributed by atoms with Crippen molar-refractivity contribution in [2.24, 2.45) is 0 Å². The third-order valence-corrected chi connectivity index (χ3v) is 4.07. The van der Waals surface area contributed by atoms with Crippen molar-refractivity contribution in [2.75, 3.05) is 0 Å². The van der Waals surface area contributed by atoms with Crippen LogP contribution in [0.3, 0.4) is 0 Å². The molecule has 0 fully saturated rings. The first-order chi connectivity index (χ1) is 12.5. The molecule has 2 aromatic rings. The number of esters is 1. The minimum atomic E-state index is -0.936. The Labute approximate surface area is 155 Å². The number of ether oxygens (including phenoxy) is 2. The van der Waals surface area contributed by atoms with Crippen LogP contribution in [0.1, 0.15) is 5.56 Å². The number of aliphatic hydroxyl groups is 1. The van der Waals surface area contributed by atoms with Crippen molar-refractivity contribution >= 4 is 21.9 Å². The zero-order valence-corrected chi connectivity index (χ0v) is 14.9. The zero-order chi connectivity index (χ0) is 18.7. The molecule has 1 aromatic heterocycles. The van der Waals surface area contributed by atoms with Crippen molar-refractivity contribution in [1.82, 2.24) is 9.55 Å². The molecule has 0 radical (unpaired) electrons. The fraction of sp³-hybridized carbons (Fsp3) is 0.118. The summed E-state index contributed by atoms with van der Waals surface area (Å²) in [5.41, 5.74) is -0.331. The number of hydrogen-bond acceptors (Lipinski definition) is 6.